The first-order valence-corrected chi connectivity index (χ1v) is 9.64. The fraction of sp³-hybridized carbons (Fsp3) is 0.600. The Hall–Kier alpha value is -2.24. The van der Waals surface area contributed by atoms with Crippen LogP contribution in [-0.2, 0) is 11.3 Å². The molecule has 26 heavy (non-hydrogen) atoms. The standard InChI is InChI=1S/C20H32N4O2/c1-4-21-20(22-12-6-14-24-13-5-7-19(24)25)23-15-17-8-10-18(11-9-17)26-16(2)3/h8-11,16H,4-7,12-15H2,1-3H3,(H2,21,22,23). The van der Waals surface area contributed by atoms with Gasteiger partial charge in [-0.1, -0.05) is 12.1 Å². The van der Waals surface area contributed by atoms with Gasteiger partial charge in [0.1, 0.15) is 5.75 Å². The molecule has 0 unspecified atom stereocenters. The smallest absolute Gasteiger partial charge is 0.222 e. The molecule has 1 saturated heterocycles. The van der Waals surface area contributed by atoms with Crippen molar-refractivity contribution in [2.75, 3.05) is 26.2 Å². The summed E-state index contributed by atoms with van der Waals surface area (Å²) in [5, 5.41) is 6.60. The topological polar surface area (TPSA) is 66.0 Å². The number of nitrogens with zero attached hydrogens (tertiary/aromatic N) is 2. The molecule has 6 heteroatoms. The highest BCUT2D eigenvalue weighted by Gasteiger charge is 2.18. The molecule has 0 radical (unpaired) electrons. The Bertz CT molecular complexity index is 584. The van der Waals surface area contributed by atoms with Gasteiger partial charge in [0.05, 0.1) is 12.6 Å². The SMILES string of the molecule is CCNC(=NCc1ccc(OC(C)C)cc1)NCCCN1CCCC1=O. The van der Waals surface area contributed by atoms with Crippen molar-refractivity contribution >= 4 is 11.9 Å². The van der Waals surface area contributed by atoms with Gasteiger partial charge in [0.15, 0.2) is 5.96 Å². The predicted octanol–water partition coefficient (Wildman–Crippen LogP) is 2.54. The molecule has 0 atom stereocenters. The predicted molar refractivity (Wildman–Crippen MR) is 105 cm³/mol. The number of hydrogen-bond donors (Lipinski definition) is 2. The minimum absolute atomic E-state index is 0.180. The summed E-state index contributed by atoms with van der Waals surface area (Å²) in [7, 11) is 0. The number of guanidine groups is 1. The highest BCUT2D eigenvalue weighted by atomic mass is 16.5. The van der Waals surface area contributed by atoms with Gasteiger partial charge in [-0.2, -0.15) is 0 Å². The zero-order valence-electron chi connectivity index (χ0n) is 16.3. The van der Waals surface area contributed by atoms with Crippen LogP contribution in [0.2, 0.25) is 0 Å². The summed E-state index contributed by atoms with van der Waals surface area (Å²) in [6.45, 7) is 10.1. The van der Waals surface area contributed by atoms with Crippen molar-refractivity contribution in [2.24, 2.45) is 4.99 Å². The number of carbonyl (C=O) groups is 1. The van der Waals surface area contributed by atoms with E-state index >= 15 is 0 Å². The molecule has 2 N–H and O–H groups in total. The van der Waals surface area contributed by atoms with Gasteiger partial charge in [-0.3, -0.25) is 4.79 Å². The van der Waals surface area contributed by atoms with Crippen LogP contribution in [0.3, 0.4) is 0 Å². The second-order valence-corrected chi connectivity index (χ2v) is 6.77. The second-order valence-electron chi connectivity index (χ2n) is 6.77. The number of rotatable bonds is 9. The van der Waals surface area contributed by atoms with Crippen LogP contribution in [0.25, 0.3) is 0 Å². The number of carbonyl (C=O) groups excluding carboxylic acids is 1. The Morgan fingerprint density at radius 3 is 2.65 bits per heavy atom. The molecule has 1 amide bonds. The summed E-state index contributed by atoms with van der Waals surface area (Å²) in [5.74, 6) is 1.98. The van der Waals surface area contributed by atoms with Crippen molar-refractivity contribution in [3.05, 3.63) is 29.8 Å². The number of benzene rings is 1. The highest BCUT2D eigenvalue weighted by molar-refractivity contribution is 5.79. The van der Waals surface area contributed by atoms with E-state index in [1.165, 1.54) is 0 Å². The van der Waals surface area contributed by atoms with E-state index in [1.807, 2.05) is 43.0 Å². The van der Waals surface area contributed by atoms with Gasteiger partial charge in [-0.15, -0.1) is 0 Å². The van der Waals surface area contributed by atoms with Crippen molar-refractivity contribution in [1.29, 1.82) is 0 Å². The fourth-order valence-corrected chi connectivity index (χ4v) is 2.87. The van der Waals surface area contributed by atoms with Crippen molar-refractivity contribution in [3.63, 3.8) is 0 Å². The van der Waals surface area contributed by atoms with Crippen LogP contribution in [0.4, 0.5) is 0 Å². The molecule has 0 aliphatic carbocycles. The molecule has 6 nitrogen and oxygen atoms in total. The van der Waals surface area contributed by atoms with Crippen molar-refractivity contribution in [3.8, 4) is 5.75 Å². The Balaban J connectivity index is 1.77. The average Bonchev–Trinajstić information content (AvgIpc) is 3.02. The lowest BCUT2D eigenvalue weighted by atomic mass is 10.2. The highest BCUT2D eigenvalue weighted by Crippen LogP contribution is 2.14. The summed E-state index contributed by atoms with van der Waals surface area (Å²) in [6, 6.07) is 8.06. The lowest BCUT2D eigenvalue weighted by Gasteiger charge is -2.16. The van der Waals surface area contributed by atoms with Crippen molar-refractivity contribution in [2.45, 2.75) is 52.7 Å². The van der Waals surface area contributed by atoms with Crippen molar-refractivity contribution < 1.29 is 9.53 Å². The molecular formula is C20H32N4O2. The van der Waals surface area contributed by atoms with Crippen LogP contribution in [0.5, 0.6) is 5.75 Å². The average molecular weight is 361 g/mol. The fourth-order valence-electron chi connectivity index (χ4n) is 2.87. The molecule has 1 heterocycles. The lowest BCUT2D eigenvalue weighted by molar-refractivity contribution is -0.127. The minimum atomic E-state index is 0.180. The van der Waals surface area contributed by atoms with E-state index < -0.39 is 0 Å². The normalized spacial score (nSPS) is 14.8. The second kappa shape index (κ2) is 10.7. The molecule has 1 fully saturated rings. The molecule has 1 aliphatic rings. The maximum absolute atomic E-state index is 11.6. The van der Waals surface area contributed by atoms with E-state index in [2.05, 4.69) is 22.5 Å². The molecule has 0 bridgehead atoms. The Morgan fingerprint density at radius 2 is 2.04 bits per heavy atom. The first-order valence-electron chi connectivity index (χ1n) is 9.64. The van der Waals surface area contributed by atoms with Crippen LogP contribution in [0.1, 0.15) is 45.6 Å². The molecule has 0 aromatic heterocycles. The molecule has 1 aromatic rings. The number of nitrogens with one attached hydrogen (secondary N) is 2. The van der Waals surface area contributed by atoms with Crippen LogP contribution >= 0.6 is 0 Å². The van der Waals surface area contributed by atoms with Crippen LogP contribution in [0.15, 0.2) is 29.3 Å². The molecule has 0 saturated carbocycles. The zero-order chi connectivity index (χ0) is 18.8. The third kappa shape index (κ3) is 6.94. The molecule has 2 rings (SSSR count). The van der Waals surface area contributed by atoms with Gasteiger partial charge in [-0.25, -0.2) is 4.99 Å². The largest absolute Gasteiger partial charge is 0.491 e. The molecule has 0 spiro atoms. The van der Waals surface area contributed by atoms with Crippen LogP contribution < -0.4 is 15.4 Å². The summed E-state index contributed by atoms with van der Waals surface area (Å²) in [4.78, 5) is 18.2. The third-order valence-electron chi connectivity index (χ3n) is 4.13. The van der Waals surface area contributed by atoms with Gasteiger partial charge in [0, 0.05) is 32.6 Å². The van der Waals surface area contributed by atoms with Gasteiger partial charge >= 0.3 is 0 Å². The summed E-state index contributed by atoms with van der Waals surface area (Å²) >= 11 is 0. The third-order valence-corrected chi connectivity index (χ3v) is 4.13. The van der Waals surface area contributed by atoms with E-state index in [9.17, 15) is 4.79 Å². The first kappa shape index (κ1) is 20.1. The molecular weight excluding hydrogens is 328 g/mol. The summed E-state index contributed by atoms with van der Waals surface area (Å²) < 4.78 is 5.66. The number of aliphatic imine (C=N–C) groups is 1. The minimum Gasteiger partial charge on any atom is -0.491 e. The monoisotopic (exact) mass is 360 g/mol. The number of ether oxygens (including phenoxy) is 1. The Labute approximate surface area is 157 Å². The van der Waals surface area contributed by atoms with Gasteiger partial charge in [-0.05, 0) is 51.3 Å². The molecule has 1 aromatic carbocycles. The Kier molecular flexibility index (Phi) is 8.25. The van der Waals surface area contributed by atoms with Crippen molar-refractivity contribution in [1.82, 2.24) is 15.5 Å². The maximum Gasteiger partial charge on any atom is 0.222 e. The molecule has 144 valence electrons. The van der Waals surface area contributed by atoms with E-state index in [4.69, 9.17) is 4.74 Å². The van der Waals surface area contributed by atoms with E-state index in [0.29, 0.717) is 13.0 Å². The van der Waals surface area contributed by atoms with E-state index in [-0.39, 0.29) is 12.0 Å². The first-order chi connectivity index (χ1) is 12.6. The van der Waals surface area contributed by atoms with Gasteiger partial charge in [0.25, 0.3) is 0 Å². The zero-order valence-corrected chi connectivity index (χ0v) is 16.3. The number of hydrogen-bond acceptors (Lipinski definition) is 3. The Morgan fingerprint density at radius 1 is 1.27 bits per heavy atom. The maximum atomic E-state index is 11.6. The van der Waals surface area contributed by atoms with Crippen LogP contribution in [-0.4, -0.2) is 49.0 Å². The van der Waals surface area contributed by atoms with E-state index in [0.717, 1.165) is 56.3 Å². The van der Waals surface area contributed by atoms with Gasteiger partial charge in [0.2, 0.25) is 5.91 Å². The van der Waals surface area contributed by atoms with Crippen LogP contribution in [0, 0.1) is 0 Å². The van der Waals surface area contributed by atoms with E-state index in [1.54, 1.807) is 0 Å². The molecule has 1 aliphatic heterocycles. The number of likely N-dealkylation sites (tertiary alicyclic amines) is 1. The lowest BCUT2D eigenvalue weighted by Crippen LogP contribution is -2.39. The summed E-state index contributed by atoms with van der Waals surface area (Å²) in [5.41, 5.74) is 1.14. The summed E-state index contributed by atoms with van der Waals surface area (Å²) in [6.07, 6.45) is 2.81. The number of amides is 1. The quantitative estimate of drug-likeness (QED) is 0.403. The van der Waals surface area contributed by atoms with Gasteiger partial charge < -0.3 is 20.3 Å².